The Kier molecular flexibility index (Phi) is 4.64. The van der Waals surface area contributed by atoms with Gasteiger partial charge in [0.1, 0.15) is 5.60 Å². The molecule has 146 valence electrons. The highest BCUT2D eigenvalue weighted by atomic mass is 32.2. The fourth-order valence-electron chi connectivity index (χ4n) is 2.79. The van der Waals surface area contributed by atoms with Crippen molar-refractivity contribution >= 4 is 21.8 Å². The van der Waals surface area contributed by atoms with Gasteiger partial charge in [-0.1, -0.05) is 6.07 Å². The van der Waals surface area contributed by atoms with E-state index in [0.29, 0.717) is 29.9 Å². The molecule has 1 aliphatic rings. The van der Waals surface area contributed by atoms with Crippen LogP contribution in [0.5, 0.6) is 0 Å². The van der Waals surface area contributed by atoms with Gasteiger partial charge in [0.15, 0.2) is 0 Å². The van der Waals surface area contributed by atoms with Gasteiger partial charge < -0.3 is 15.4 Å². The molecule has 0 unspecified atom stereocenters. The number of hydrogen-bond donors (Lipinski definition) is 2. The molecule has 10 heteroatoms. The molecule has 0 saturated carbocycles. The summed E-state index contributed by atoms with van der Waals surface area (Å²) >= 11 is 0. The minimum Gasteiger partial charge on any atom is -0.444 e. The zero-order valence-electron chi connectivity index (χ0n) is 15.4. The maximum Gasteiger partial charge on any atom is 0.410 e. The standard InChI is InChI=1S/C17H23N5O4S/c1-17(2,3)26-16(23)21-9-13(10-21)22-8-11(7-20-22)14-5-4-12(18)6-15(14)27(19,24)25/h4-8,13H,9-10,18H2,1-3H3,(H2,19,24,25). The third kappa shape index (κ3) is 4.22. The number of hydrogen-bond acceptors (Lipinski definition) is 6. The van der Waals surface area contributed by atoms with Crippen molar-refractivity contribution in [3.05, 3.63) is 30.6 Å². The first-order valence-corrected chi connectivity index (χ1v) is 9.93. The number of nitrogens with two attached hydrogens (primary N) is 2. The highest BCUT2D eigenvalue weighted by Gasteiger charge is 2.35. The van der Waals surface area contributed by atoms with E-state index in [2.05, 4.69) is 5.10 Å². The molecule has 1 fully saturated rings. The van der Waals surface area contributed by atoms with E-state index in [1.165, 1.54) is 6.07 Å². The number of carbonyl (C=O) groups excluding carboxylic acids is 1. The zero-order chi connectivity index (χ0) is 20.0. The Balaban J connectivity index is 1.76. The second-order valence-corrected chi connectivity index (χ2v) is 9.08. The molecule has 2 heterocycles. The first-order chi connectivity index (χ1) is 12.4. The molecule has 3 rings (SSSR count). The quantitative estimate of drug-likeness (QED) is 0.760. The van der Waals surface area contributed by atoms with Crippen molar-refractivity contribution < 1.29 is 17.9 Å². The summed E-state index contributed by atoms with van der Waals surface area (Å²) in [7, 11) is -3.93. The second kappa shape index (κ2) is 6.54. The van der Waals surface area contributed by atoms with Crippen LogP contribution in [0.1, 0.15) is 26.8 Å². The molecule has 1 amide bonds. The normalized spacial score (nSPS) is 15.5. The number of anilines is 1. The van der Waals surface area contributed by atoms with Gasteiger partial charge in [0.25, 0.3) is 0 Å². The lowest BCUT2D eigenvalue weighted by molar-refractivity contribution is -0.000383. The number of nitrogen functional groups attached to an aromatic ring is 1. The summed E-state index contributed by atoms with van der Waals surface area (Å²) in [5.41, 5.74) is 6.49. The van der Waals surface area contributed by atoms with Crippen molar-refractivity contribution in [2.75, 3.05) is 18.8 Å². The molecule has 0 bridgehead atoms. The molecule has 0 spiro atoms. The Labute approximate surface area is 157 Å². The third-order valence-electron chi connectivity index (χ3n) is 4.11. The summed E-state index contributed by atoms with van der Waals surface area (Å²) in [5.74, 6) is 0. The van der Waals surface area contributed by atoms with Gasteiger partial charge in [0, 0.05) is 36.1 Å². The number of ether oxygens (including phenoxy) is 1. The van der Waals surface area contributed by atoms with Crippen LogP contribution in [0.15, 0.2) is 35.5 Å². The number of rotatable bonds is 3. The number of likely N-dealkylation sites (tertiary alicyclic amines) is 1. The minimum atomic E-state index is -3.93. The largest absolute Gasteiger partial charge is 0.444 e. The lowest BCUT2D eigenvalue weighted by atomic mass is 10.1. The van der Waals surface area contributed by atoms with Crippen LogP contribution in [0.3, 0.4) is 0 Å². The molecule has 1 saturated heterocycles. The topological polar surface area (TPSA) is 134 Å². The number of sulfonamides is 1. The summed E-state index contributed by atoms with van der Waals surface area (Å²) in [5, 5.41) is 9.60. The van der Waals surface area contributed by atoms with Crippen molar-refractivity contribution in [2.45, 2.75) is 37.3 Å². The van der Waals surface area contributed by atoms with Gasteiger partial charge in [-0.2, -0.15) is 5.10 Å². The van der Waals surface area contributed by atoms with E-state index in [1.807, 2.05) is 20.8 Å². The van der Waals surface area contributed by atoms with Gasteiger partial charge >= 0.3 is 6.09 Å². The van der Waals surface area contributed by atoms with Crippen LogP contribution in [-0.2, 0) is 14.8 Å². The Morgan fingerprint density at radius 1 is 1.30 bits per heavy atom. The predicted octanol–water partition coefficient (Wildman–Crippen LogP) is 1.57. The van der Waals surface area contributed by atoms with E-state index in [4.69, 9.17) is 15.6 Å². The van der Waals surface area contributed by atoms with Crippen molar-refractivity contribution in [1.82, 2.24) is 14.7 Å². The van der Waals surface area contributed by atoms with Crippen molar-refractivity contribution in [3.63, 3.8) is 0 Å². The second-order valence-electron chi connectivity index (χ2n) is 7.55. The van der Waals surface area contributed by atoms with E-state index in [-0.39, 0.29) is 17.0 Å². The molecule has 0 radical (unpaired) electrons. The van der Waals surface area contributed by atoms with Gasteiger partial charge in [-0.25, -0.2) is 18.4 Å². The fraction of sp³-hybridized carbons (Fsp3) is 0.412. The number of primary sulfonamides is 1. The fourth-order valence-corrected chi connectivity index (χ4v) is 3.58. The molecule has 1 aromatic carbocycles. The molecule has 27 heavy (non-hydrogen) atoms. The lowest BCUT2D eigenvalue weighted by Gasteiger charge is -2.39. The number of nitrogens with zero attached hydrogens (tertiary/aromatic N) is 3. The van der Waals surface area contributed by atoms with E-state index in [9.17, 15) is 13.2 Å². The number of benzene rings is 1. The van der Waals surface area contributed by atoms with Gasteiger partial charge in [0.05, 0.1) is 17.1 Å². The third-order valence-corrected chi connectivity index (χ3v) is 5.06. The monoisotopic (exact) mass is 393 g/mol. The van der Waals surface area contributed by atoms with Crippen LogP contribution < -0.4 is 10.9 Å². The molecule has 1 aliphatic heterocycles. The molecule has 1 aromatic heterocycles. The first kappa shape index (κ1) is 19.2. The summed E-state index contributed by atoms with van der Waals surface area (Å²) in [6.45, 7) is 6.40. The SMILES string of the molecule is CC(C)(C)OC(=O)N1CC(n2cc(-c3ccc(N)cc3S(N)(=O)=O)cn2)C1. The summed E-state index contributed by atoms with van der Waals surface area (Å²) in [4.78, 5) is 13.6. The minimum absolute atomic E-state index is 0.00187. The molecule has 9 nitrogen and oxygen atoms in total. The number of amides is 1. The van der Waals surface area contributed by atoms with Crippen LogP contribution in [0, 0.1) is 0 Å². The van der Waals surface area contributed by atoms with Gasteiger partial charge in [-0.3, -0.25) is 4.68 Å². The van der Waals surface area contributed by atoms with E-state index in [0.717, 1.165) is 0 Å². The van der Waals surface area contributed by atoms with Crippen LogP contribution in [0.25, 0.3) is 11.1 Å². The zero-order valence-corrected chi connectivity index (χ0v) is 16.2. The maximum absolute atomic E-state index is 12.0. The van der Waals surface area contributed by atoms with Crippen LogP contribution in [-0.4, -0.2) is 47.9 Å². The average Bonchev–Trinajstić information content (AvgIpc) is 2.92. The molecular weight excluding hydrogens is 370 g/mol. The molecule has 0 aliphatic carbocycles. The molecule has 4 N–H and O–H groups in total. The Morgan fingerprint density at radius 2 is 1.96 bits per heavy atom. The summed E-state index contributed by atoms with van der Waals surface area (Å²) in [6, 6.07) is 4.53. The van der Waals surface area contributed by atoms with Gasteiger partial charge in [-0.05, 0) is 32.9 Å². The Hall–Kier alpha value is -2.59. The Morgan fingerprint density at radius 3 is 2.56 bits per heavy atom. The summed E-state index contributed by atoms with van der Waals surface area (Å²) in [6.07, 6.45) is 2.94. The highest BCUT2D eigenvalue weighted by molar-refractivity contribution is 7.89. The first-order valence-electron chi connectivity index (χ1n) is 8.39. The molecule has 2 aromatic rings. The lowest BCUT2D eigenvalue weighted by Crippen LogP contribution is -2.52. The van der Waals surface area contributed by atoms with Crippen LogP contribution in [0.4, 0.5) is 10.5 Å². The van der Waals surface area contributed by atoms with Crippen molar-refractivity contribution in [1.29, 1.82) is 0 Å². The molecular formula is C17H23N5O4S. The molecule has 0 atom stereocenters. The maximum atomic E-state index is 12.0. The van der Waals surface area contributed by atoms with E-state index < -0.39 is 15.6 Å². The van der Waals surface area contributed by atoms with Gasteiger partial charge in [0.2, 0.25) is 10.0 Å². The van der Waals surface area contributed by atoms with Crippen LogP contribution in [0.2, 0.25) is 0 Å². The Bertz CT molecular complexity index is 971. The smallest absolute Gasteiger partial charge is 0.410 e. The average molecular weight is 393 g/mol. The highest BCUT2D eigenvalue weighted by Crippen LogP contribution is 2.30. The number of aromatic nitrogens is 2. The van der Waals surface area contributed by atoms with E-state index in [1.54, 1.807) is 34.1 Å². The van der Waals surface area contributed by atoms with E-state index >= 15 is 0 Å². The van der Waals surface area contributed by atoms with Crippen molar-refractivity contribution in [2.24, 2.45) is 5.14 Å². The summed E-state index contributed by atoms with van der Waals surface area (Å²) < 4.78 is 30.7. The number of carbonyl (C=O) groups is 1. The van der Waals surface area contributed by atoms with Gasteiger partial charge in [-0.15, -0.1) is 0 Å². The predicted molar refractivity (Wildman–Crippen MR) is 100 cm³/mol. The van der Waals surface area contributed by atoms with Crippen molar-refractivity contribution in [3.8, 4) is 11.1 Å². The van der Waals surface area contributed by atoms with Crippen LogP contribution >= 0.6 is 0 Å².